The van der Waals surface area contributed by atoms with Gasteiger partial charge in [0.2, 0.25) is 0 Å². The lowest BCUT2D eigenvalue weighted by atomic mass is 10.3. The van der Waals surface area contributed by atoms with Gasteiger partial charge in [-0.3, -0.25) is 0 Å². The van der Waals surface area contributed by atoms with E-state index in [-0.39, 0.29) is 10.5 Å². The summed E-state index contributed by atoms with van der Waals surface area (Å²) in [5.41, 5.74) is 0. The Morgan fingerprint density at radius 2 is 1.69 bits per heavy atom. The third-order valence-electron chi connectivity index (χ3n) is 1.24. The van der Waals surface area contributed by atoms with Crippen LogP contribution in [-0.2, 0) is 10.2 Å². The van der Waals surface area contributed by atoms with Crippen LogP contribution < -0.4 is 0 Å². The van der Waals surface area contributed by atoms with E-state index >= 15 is 0 Å². The third-order valence-corrected chi connectivity index (χ3v) is 2.68. The Hall–Kier alpha value is -0.560. The summed E-state index contributed by atoms with van der Waals surface area (Å²) in [4.78, 5) is -1.18. The zero-order valence-electron chi connectivity index (χ0n) is 5.89. The molecule has 0 saturated carbocycles. The number of hydrogen-bond acceptors (Lipinski definition) is 2. The van der Waals surface area contributed by atoms with Gasteiger partial charge in [-0.05, 0) is 22.0 Å². The standard InChI is InChI=1S/C6H2BrF3O2S/c7-3-1-6(13(10,11)12)5(9)2-4(3)8/h1-2H. The predicted molar refractivity (Wildman–Crippen MR) is 42.4 cm³/mol. The Bertz CT molecular complexity index is 443. The molecule has 1 aromatic carbocycles. The largest absolute Gasteiger partial charge is 0.335 e. The summed E-state index contributed by atoms with van der Waals surface area (Å²) in [7, 11) is -5.14. The first kappa shape index (κ1) is 10.5. The Balaban J connectivity index is 3.50. The summed E-state index contributed by atoms with van der Waals surface area (Å²) in [5.74, 6) is -2.45. The lowest BCUT2D eigenvalue weighted by molar-refractivity contribution is 0.524. The Labute approximate surface area is 80.7 Å². The van der Waals surface area contributed by atoms with E-state index in [2.05, 4.69) is 15.9 Å². The van der Waals surface area contributed by atoms with Crippen LogP contribution in [0, 0.1) is 11.6 Å². The third kappa shape index (κ3) is 2.22. The van der Waals surface area contributed by atoms with Crippen LogP contribution in [0.4, 0.5) is 12.7 Å². The molecule has 0 bridgehead atoms. The fraction of sp³-hybridized carbons (Fsp3) is 0. The van der Waals surface area contributed by atoms with Crippen LogP contribution in [0.2, 0.25) is 0 Å². The topological polar surface area (TPSA) is 34.1 Å². The van der Waals surface area contributed by atoms with Crippen molar-refractivity contribution in [3.63, 3.8) is 0 Å². The second-order valence-electron chi connectivity index (χ2n) is 2.13. The van der Waals surface area contributed by atoms with Crippen LogP contribution in [0.3, 0.4) is 0 Å². The molecule has 0 aliphatic carbocycles. The molecule has 0 radical (unpaired) electrons. The van der Waals surface area contributed by atoms with Crippen molar-refractivity contribution in [1.82, 2.24) is 0 Å². The monoisotopic (exact) mass is 274 g/mol. The lowest BCUT2D eigenvalue weighted by Crippen LogP contribution is -1.97. The molecule has 13 heavy (non-hydrogen) atoms. The minimum atomic E-state index is -5.14. The molecule has 0 fully saturated rings. The van der Waals surface area contributed by atoms with Crippen molar-refractivity contribution in [3.05, 3.63) is 28.2 Å². The van der Waals surface area contributed by atoms with E-state index in [9.17, 15) is 21.1 Å². The molecule has 0 aliphatic rings. The van der Waals surface area contributed by atoms with Gasteiger partial charge in [-0.2, -0.15) is 8.42 Å². The van der Waals surface area contributed by atoms with Crippen molar-refractivity contribution in [1.29, 1.82) is 0 Å². The van der Waals surface area contributed by atoms with Crippen LogP contribution >= 0.6 is 15.9 Å². The maximum absolute atomic E-state index is 12.6. The van der Waals surface area contributed by atoms with Crippen molar-refractivity contribution in [2.24, 2.45) is 0 Å². The van der Waals surface area contributed by atoms with E-state index < -0.39 is 26.8 Å². The normalized spacial score (nSPS) is 11.7. The van der Waals surface area contributed by atoms with Gasteiger partial charge in [0.15, 0.2) is 0 Å². The van der Waals surface area contributed by atoms with E-state index in [1.807, 2.05) is 0 Å². The molecular formula is C6H2BrF3O2S. The smallest absolute Gasteiger partial charge is 0.206 e. The van der Waals surface area contributed by atoms with Crippen LogP contribution in [0.1, 0.15) is 0 Å². The number of halogens is 4. The zero-order valence-corrected chi connectivity index (χ0v) is 8.29. The van der Waals surface area contributed by atoms with Crippen LogP contribution in [0.5, 0.6) is 0 Å². The highest BCUT2D eigenvalue weighted by Gasteiger charge is 2.20. The number of rotatable bonds is 1. The molecule has 0 spiro atoms. The van der Waals surface area contributed by atoms with E-state index in [4.69, 9.17) is 0 Å². The first-order chi connectivity index (χ1) is 5.82. The fourth-order valence-electron chi connectivity index (χ4n) is 0.691. The molecule has 0 aliphatic heterocycles. The SMILES string of the molecule is O=S(=O)(F)c1cc(Br)c(F)cc1F. The molecule has 0 unspecified atom stereocenters. The molecule has 0 N–H and O–H groups in total. The summed E-state index contributed by atoms with van der Waals surface area (Å²) >= 11 is 2.60. The highest BCUT2D eigenvalue weighted by Crippen LogP contribution is 2.24. The van der Waals surface area contributed by atoms with Gasteiger partial charge in [0, 0.05) is 6.07 Å². The molecule has 0 saturated heterocycles. The van der Waals surface area contributed by atoms with Crippen LogP contribution in [-0.4, -0.2) is 8.42 Å². The Morgan fingerprint density at radius 3 is 2.15 bits per heavy atom. The van der Waals surface area contributed by atoms with Gasteiger partial charge < -0.3 is 0 Å². The quantitative estimate of drug-likeness (QED) is 0.582. The van der Waals surface area contributed by atoms with Gasteiger partial charge in [-0.25, -0.2) is 8.78 Å². The molecule has 0 heterocycles. The van der Waals surface area contributed by atoms with Gasteiger partial charge in [0.25, 0.3) is 0 Å². The molecule has 2 nitrogen and oxygen atoms in total. The van der Waals surface area contributed by atoms with Crippen LogP contribution in [0.25, 0.3) is 0 Å². The van der Waals surface area contributed by atoms with Gasteiger partial charge in [0.1, 0.15) is 16.5 Å². The molecule has 7 heteroatoms. The summed E-state index contributed by atoms with van der Waals surface area (Å²) < 4.78 is 57.7. The second-order valence-corrected chi connectivity index (χ2v) is 4.30. The van der Waals surface area contributed by atoms with E-state index in [1.54, 1.807) is 0 Å². The highest BCUT2D eigenvalue weighted by molar-refractivity contribution is 9.10. The minimum Gasteiger partial charge on any atom is -0.206 e. The highest BCUT2D eigenvalue weighted by atomic mass is 79.9. The first-order valence-corrected chi connectivity index (χ1v) is 5.09. The Kier molecular flexibility index (Phi) is 2.67. The van der Waals surface area contributed by atoms with Gasteiger partial charge in [0.05, 0.1) is 4.47 Å². The summed E-state index contributed by atoms with van der Waals surface area (Å²) in [6.45, 7) is 0. The molecule has 72 valence electrons. The number of benzene rings is 1. The average Bonchev–Trinajstić information content (AvgIpc) is 1.94. The lowest BCUT2D eigenvalue weighted by Gasteiger charge is -1.99. The van der Waals surface area contributed by atoms with Crippen molar-refractivity contribution >= 4 is 26.2 Å². The molecule has 0 atom stereocenters. The maximum Gasteiger partial charge on any atom is 0.335 e. The van der Waals surface area contributed by atoms with Crippen molar-refractivity contribution in [2.45, 2.75) is 4.90 Å². The van der Waals surface area contributed by atoms with Crippen molar-refractivity contribution in [3.8, 4) is 0 Å². The summed E-state index contributed by atoms with van der Waals surface area (Å²) in [6.07, 6.45) is 0. The van der Waals surface area contributed by atoms with Crippen LogP contribution in [0.15, 0.2) is 21.5 Å². The molecular weight excluding hydrogens is 273 g/mol. The van der Waals surface area contributed by atoms with E-state index in [1.165, 1.54) is 0 Å². The first-order valence-electron chi connectivity index (χ1n) is 2.91. The molecule has 1 rings (SSSR count). The van der Waals surface area contributed by atoms with E-state index in [0.29, 0.717) is 6.07 Å². The summed E-state index contributed by atoms with van der Waals surface area (Å²) in [5, 5.41) is 0. The average molecular weight is 275 g/mol. The minimum absolute atomic E-state index is 0.288. The van der Waals surface area contributed by atoms with Gasteiger partial charge >= 0.3 is 10.2 Å². The molecule has 0 amide bonds. The van der Waals surface area contributed by atoms with E-state index in [0.717, 1.165) is 0 Å². The van der Waals surface area contributed by atoms with Crippen molar-refractivity contribution in [2.75, 3.05) is 0 Å². The van der Waals surface area contributed by atoms with Crippen molar-refractivity contribution < 1.29 is 21.1 Å². The maximum atomic E-state index is 12.6. The molecule has 1 aromatic rings. The fourth-order valence-corrected chi connectivity index (χ4v) is 1.74. The second kappa shape index (κ2) is 3.30. The van der Waals surface area contributed by atoms with Gasteiger partial charge in [-0.15, -0.1) is 3.89 Å². The van der Waals surface area contributed by atoms with Gasteiger partial charge in [-0.1, -0.05) is 0 Å². The molecule has 0 aromatic heterocycles. The Morgan fingerprint density at radius 1 is 1.15 bits per heavy atom. The predicted octanol–water partition coefficient (Wildman–Crippen LogP) is 2.39. The zero-order chi connectivity index (χ0) is 10.2. The summed E-state index contributed by atoms with van der Waals surface area (Å²) in [6, 6.07) is 0.816. The number of hydrogen-bond donors (Lipinski definition) is 0.